The van der Waals surface area contributed by atoms with Gasteiger partial charge < -0.3 is 10.6 Å². The molecular formula is C4H6N2O2. The standard InChI is InChI=1S/C4H6N2O2/c5-6-3-1-4(7)8-2-3/h1-2,5H2. The Kier molecular flexibility index (Phi) is 1.15. The predicted molar refractivity (Wildman–Crippen MR) is 27.2 cm³/mol. The van der Waals surface area contributed by atoms with Gasteiger partial charge in [-0.1, -0.05) is 0 Å². The van der Waals surface area contributed by atoms with Crippen molar-refractivity contribution in [2.24, 2.45) is 10.9 Å². The van der Waals surface area contributed by atoms with Gasteiger partial charge in [0.2, 0.25) is 0 Å². The third kappa shape index (κ3) is 0.776. The van der Waals surface area contributed by atoms with Crippen LogP contribution in [0.5, 0.6) is 0 Å². The van der Waals surface area contributed by atoms with Crippen LogP contribution in [-0.4, -0.2) is 18.3 Å². The summed E-state index contributed by atoms with van der Waals surface area (Å²) in [5.41, 5.74) is 0.620. The van der Waals surface area contributed by atoms with E-state index >= 15 is 0 Å². The third-order valence-electron chi connectivity index (χ3n) is 0.931. The van der Waals surface area contributed by atoms with E-state index in [2.05, 4.69) is 9.84 Å². The number of carbonyl (C=O) groups is 1. The first-order valence-corrected chi connectivity index (χ1v) is 2.24. The van der Waals surface area contributed by atoms with E-state index in [0.29, 0.717) is 5.71 Å². The highest BCUT2D eigenvalue weighted by Crippen LogP contribution is 1.99. The second kappa shape index (κ2) is 1.81. The largest absolute Gasteiger partial charge is 0.459 e. The minimum atomic E-state index is -0.241. The molecule has 0 spiro atoms. The molecule has 0 unspecified atom stereocenters. The zero-order chi connectivity index (χ0) is 5.98. The van der Waals surface area contributed by atoms with Crippen LogP contribution >= 0.6 is 0 Å². The average Bonchev–Trinajstić information content (AvgIpc) is 2.14. The van der Waals surface area contributed by atoms with Gasteiger partial charge in [-0.05, 0) is 0 Å². The van der Waals surface area contributed by atoms with E-state index in [-0.39, 0.29) is 19.0 Å². The summed E-state index contributed by atoms with van der Waals surface area (Å²) >= 11 is 0. The number of esters is 1. The monoisotopic (exact) mass is 114 g/mol. The van der Waals surface area contributed by atoms with Gasteiger partial charge in [-0.3, -0.25) is 4.79 Å². The molecular weight excluding hydrogens is 108 g/mol. The van der Waals surface area contributed by atoms with Crippen LogP contribution < -0.4 is 5.84 Å². The summed E-state index contributed by atoms with van der Waals surface area (Å²) in [5, 5.41) is 3.31. The molecule has 1 heterocycles. The van der Waals surface area contributed by atoms with E-state index in [0.717, 1.165) is 0 Å². The maximum absolute atomic E-state index is 10.3. The molecule has 8 heavy (non-hydrogen) atoms. The smallest absolute Gasteiger partial charge is 0.312 e. The Balaban J connectivity index is 2.56. The summed E-state index contributed by atoms with van der Waals surface area (Å²) in [6.45, 7) is 0.273. The molecule has 0 aromatic heterocycles. The lowest BCUT2D eigenvalue weighted by atomic mass is 10.3. The number of rotatable bonds is 0. The summed E-state index contributed by atoms with van der Waals surface area (Å²) in [5.74, 6) is 4.61. The number of carbonyl (C=O) groups excluding carboxylic acids is 1. The Morgan fingerprint density at radius 1 is 1.75 bits per heavy atom. The molecule has 1 fully saturated rings. The number of hydrogen-bond acceptors (Lipinski definition) is 4. The van der Waals surface area contributed by atoms with Crippen LogP contribution in [0, 0.1) is 0 Å². The van der Waals surface area contributed by atoms with Crippen molar-refractivity contribution in [3.05, 3.63) is 0 Å². The molecule has 0 bridgehead atoms. The van der Waals surface area contributed by atoms with Gasteiger partial charge in [0, 0.05) is 0 Å². The molecule has 1 aliphatic heterocycles. The van der Waals surface area contributed by atoms with Gasteiger partial charge in [-0.2, -0.15) is 5.10 Å². The molecule has 1 saturated heterocycles. The van der Waals surface area contributed by atoms with Crippen LogP contribution in [0.15, 0.2) is 5.10 Å². The van der Waals surface area contributed by atoms with Gasteiger partial charge in [0.05, 0.1) is 12.1 Å². The molecule has 1 rings (SSSR count). The van der Waals surface area contributed by atoms with Gasteiger partial charge >= 0.3 is 5.97 Å². The summed E-state index contributed by atoms with van der Waals surface area (Å²) in [4.78, 5) is 10.3. The highest BCUT2D eigenvalue weighted by Gasteiger charge is 2.17. The number of hydrazone groups is 1. The molecule has 4 heteroatoms. The lowest BCUT2D eigenvalue weighted by molar-refractivity contribution is -0.137. The van der Waals surface area contributed by atoms with Gasteiger partial charge in [-0.15, -0.1) is 0 Å². The molecule has 0 saturated carbocycles. The van der Waals surface area contributed by atoms with Crippen molar-refractivity contribution in [2.45, 2.75) is 6.42 Å². The quantitative estimate of drug-likeness (QED) is 0.256. The Morgan fingerprint density at radius 2 is 2.50 bits per heavy atom. The lowest BCUT2D eigenvalue weighted by Crippen LogP contribution is -1.99. The number of ether oxygens (including phenoxy) is 1. The highest BCUT2D eigenvalue weighted by molar-refractivity contribution is 6.04. The first kappa shape index (κ1) is 5.08. The molecule has 0 amide bonds. The molecule has 0 aliphatic carbocycles. The first-order valence-electron chi connectivity index (χ1n) is 2.24. The van der Waals surface area contributed by atoms with Crippen molar-refractivity contribution in [2.75, 3.05) is 6.61 Å². The van der Waals surface area contributed by atoms with Crippen molar-refractivity contribution in [1.29, 1.82) is 0 Å². The molecule has 0 atom stereocenters. The van der Waals surface area contributed by atoms with Crippen LogP contribution in [0.1, 0.15) is 6.42 Å². The molecule has 1 aliphatic rings. The summed E-state index contributed by atoms with van der Waals surface area (Å²) < 4.78 is 4.51. The van der Waals surface area contributed by atoms with Crippen LogP contribution in [0.4, 0.5) is 0 Å². The SMILES string of the molecule is NN=C1COC(=O)C1. The molecule has 0 aromatic carbocycles. The minimum absolute atomic E-state index is 0.241. The lowest BCUT2D eigenvalue weighted by Gasteiger charge is -1.82. The second-order valence-corrected chi connectivity index (χ2v) is 1.53. The number of nitrogens with zero attached hydrogens (tertiary/aromatic N) is 1. The van der Waals surface area contributed by atoms with Crippen LogP contribution in [-0.2, 0) is 9.53 Å². The zero-order valence-electron chi connectivity index (χ0n) is 4.26. The van der Waals surface area contributed by atoms with Crippen LogP contribution in [0.2, 0.25) is 0 Å². The average molecular weight is 114 g/mol. The van der Waals surface area contributed by atoms with Crippen molar-refractivity contribution in [3.63, 3.8) is 0 Å². The third-order valence-corrected chi connectivity index (χ3v) is 0.931. The Labute approximate surface area is 46.3 Å². The van der Waals surface area contributed by atoms with Crippen molar-refractivity contribution >= 4 is 11.7 Å². The van der Waals surface area contributed by atoms with Crippen molar-refractivity contribution < 1.29 is 9.53 Å². The Bertz CT molecular complexity index is 141. The molecule has 4 nitrogen and oxygen atoms in total. The predicted octanol–water partition coefficient (Wildman–Crippen LogP) is -0.752. The fourth-order valence-corrected chi connectivity index (χ4v) is 0.515. The molecule has 0 radical (unpaired) electrons. The van der Waals surface area contributed by atoms with E-state index in [1.54, 1.807) is 0 Å². The van der Waals surface area contributed by atoms with Gasteiger partial charge in [0.15, 0.2) is 0 Å². The fourth-order valence-electron chi connectivity index (χ4n) is 0.515. The van der Waals surface area contributed by atoms with E-state index in [9.17, 15) is 4.79 Å². The topological polar surface area (TPSA) is 64.7 Å². The fraction of sp³-hybridized carbons (Fsp3) is 0.500. The Hall–Kier alpha value is -1.06. The number of nitrogens with two attached hydrogens (primary N) is 1. The Morgan fingerprint density at radius 3 is 2.75 bits per heavy atom. The normalized spacial score (nSPS) is 24.0. The summed E-state index contributed by atoms with van der Waals surface area (Å²) in [7, 11) is 0. The van der Waals surface area contributed by atoms with Gasteiger partial charge in [0.25, 0.3) is 0 Å². The number of cyclic esters (lactones) is 1. The van der Waals surface area contributed by atoms with Gasteiger partial charge in [0.1, 0.15) is 6.61 Å². The van der Waals surface area contributed by atoms with Crippen LogP contribution in [0.3, 0.4) is 0 Å². The highest BCUT2D eigenvalue weighted by atomic mass is 16.5. The zero-order valence-corrected chi connectivity index (χ0v) is 4.26. The minimum Gasteiger partial charge on any atom is -0.459 e. The molecule has 2 N–H and O–H groups in total. The van der Waals surface area contributed by atoms with E-state index in [4.69, 9.17) is 5.84 Å². The maximum atomic E-state index is 10.3. The maximum Gasteiger partial charge on any atom is 0.312 e. The van der Waals surface area contributed by atoms with E-state index < -0.39 is 0 Å². The number of hydrogen-bond donors (Lipinski definition) is 1. The first-order chi connectivity index (χ1) is 3.83. The van der Waals surface area contributed by atoms with Crippen LogP contribution in [0.25, 0.3) is 0 Å². The van der Waals surface area contributed by atoms with Crippen molar-refractivity contribution in [1.82, 2.24) is 0 Å². The second-order valence-electron chi connectivity index (χ2n) is 1.53. The van der Waals surface area contributed by atoms with Crippen molar-refractivity contribution in [3.8, 4) is 0 Å². The molecule has 44 valence electrons. The molecule has 0 aromatic rings. The summed E-state index contributed by atoms with van der Waals surface area (Å²) in [6, 6.07) is 0. The van der Waals surface area contributed by atoms with E-state index in [1.807, 2.05) is 0 Å². The summed E-state index contributed by atoms with van der Waals surface area (Å²) in [6.07, 6.45) is 0.260. The van der Waals surface area contributed by atoms with Gasteiger partial charge in [-0.25, -0.2) is 0 Å². The van der Waals surface area contributed by atoms with E-state index in [1.165, 1.54) is 0 Å².